The van der Waals surface area contributed by atoms with Crippen molar-refractivity contribution in [2.24, 2.45) is 5.73 Å². The highest BCUT2D eigenvalue weighted by atomic mass is 35.5. The Morgan fingerprint density at radius 2 is 1.87 bits per heavy atom. The fourth-order valence-electron chi connectivity index (χ4n) is 1.21. The molecule has 0 spiro atoms. The van der Waals surface area contributed by atoms with E-state index in [1.807, 2.05) is 19.1 Å². The van der Waals surface area contributed by atoms with Crippen LogP contribution in [-0.2, 0) is 16.8 Å². The first-order chi connectivity index (χ1) is 6.48. The number of carboxylic acids is 1. The van der Waals surface area contributed by atoms with E-state index in [0.717, 1.165) is 6.42 Å². The zero-order valence-electron chi connectivity index (χ0n) is 8.86. The molecule has 15 heavy (non-hydrogen) atoms. The molecule has 0 saturated heterocycles. The van der Waals surface area contributed by atoms with E-state index < -0.39 is 11.5 Å². The van der Waals surface area contributed by atoms with Crippen molar-refractivity contribution >= 4 is 18.4 Å². The van der Waals surface area contributed by atoms with Crippen molar-refractivity contribution in [3.63, 3.8) is 0 Å². The number of aryl methyl sites for hydroxylation is 1. The number of carboxylic acid groups (broad SMARTS) is 1. The van der Waals surface area contributed by atoms with Crippen LogP contribution < -0.4 is 5.73 Å². The normalized spacial score (nSPS) is 13.8. The van der Waals surface area contributed by atoms with E-state index in [4.69, 9.17) is 10.8 Å². The van der Waals surface area contributed by atoms with Gasteiger partial charge < -0.3 is 10.8 Å². The minimum Gasteiger partial charge on any atom is -0.480 e. The van der Waals surface area contributed by atoms with Gasteiger partial charge in [-0.05, 0) is 24.5 Å². The Labute approximate surface area is 95.7 Å². The number of rotatable bonds is 3. The van der Waals surface area contributed by atoms with Crippen molar-refractivity contribution in [3.8, 4) is 0 Å². The van der Waals surface area contributed by atoms with Gasteiger partial charge in [0.15, 0.2) is 0 Å². The first-order valence-corrected chi connectivity index (χ1v) is 4.60. The lowest BCUT2D eigenvalue weighted by Gasteiger charge is -2.19. The van der Waals surface area contributed by atoms with Gasteiger partial charge in [0.25, 0.3) is 0 Å². The maximum atomic E-state index is 10.9. The smallest absolute Gasteiger partial charge is 0.328 e. The Morgan fingerprint density at radius 1 is 1.40 bits per heavy atom. The molecule has 0 amide bonds. The predicted octanol–water partition coefficient (Wildman–Crippen LogP) is 1.93. The first-order valence-electron chi connectivity index (χ1n) is 4.60. The fourth-order valence-corrected chi connectivity index (χ4v) is 1.21. The van der Waals surface area contributed by atoms with Gasteiger partial charge in [-0.1, -0.05) is 31.2 Å². The van der Waals surface area contributed by atoms with E-state index in [9.17, 15) is 4.79 Å². The summed E-state index contributed by atoms with van der Waals surface area (Å²) in [5.74, 6) is -1.01. The van der Waals surface area contributed by atoms with Gasteiger partial charge in [0, 0.05) is 0 Å². The summed E-state index contributed by atoms with van der Waals surface area (Å²) < 4.78 is 0. The van der Waals surface area contributed by atoms with E-state index in [0.29, 0.717) is 5.56 Å². The van der Waals surface area contributed by atoms with Crippen molar-refractivity contribution in [1.29, 1.82) is 0 Å². The molecule has 0 aliphatic rings. The summed E-state index contributed by atoms with van der Waals surface area (Å²) in [4.78, 5) is 10.9. The average Bonchev–Trinajstić information content (AvgIpc) is 2.17. The van der Waals surface area contributed by atoms with Crippen LogP contribution in [0.2, 0.25) is 0 Å². The Balaban J connectivity index is 0.00000196. The third-order valence-corrected chi connectivity index (χ3v) is 2.41. The third kappa shape index (κ3) is 2.94. The van der Waals surface area contributed by atoms with Crippen LogP contribution >= 0.6 is 12.4 Å². The molecule has 1 aromatic rings. The summed E-state index contributed by atoms with van der Waals surface area (Å²) in [6, 6.07) is 7.35. The molecule has 4 heteroatoms. The van der Waals surface area contributed by atoms with E-state index in [1.165, 1.54) is 12.5 Å². The van der Waals surface area contributed by atoms with Gasteiger partial charge in [-0.3, -0.25) is 0 Å². The molecule has 3 N–H and O–H groups in total. The van der Waals surface area contributed by atoms with Crippen LogP contribution in [0.25, 0.3) is 0 Å². The molecular formula is C11H16ClNO2. The van der Waals surface area contributed by atoms with E-state index >= 15 is 0 Å². The Morgan fingerprint density at radius 3 is 2.20 bits per heavy atom. The second-order valence-electron chi connectivity index (χ2n) is 3.56. The molecule has 1 unspecified atom stereocenters. The summed E-state index contributed by atoms with van der Waals surface area (Å²) in [7, 11) is 0. The zero-order valence-corrected chi connectivity index (χ0v) is 9.67. The molecule has 0 aliphatic heterocycles. The summed E-state index contributed by atoms with van der Waals surface area (Å²) in [5.41, 5.74) is 6.18. The van der Waals surface area contributed by atoms with Gasteiger partial charge in [-0.2, -0.15) is 0 Å². The van der Waals surface area contributed by atoms with Gasteiger partial charge in [0.2, 0.25) is 0 Å². The quantitative estimate of drug-likeness (QED) is 0.833. The third-order valence-electron chi connectivity index (χ3n) is 2.41. The van der Waals surface area contributed by atoms with Gasteiger partial charge in [0.05, 0.1) is 0 Å². The largest absolute Gasteiger partial charge is 0.480 e. The second kappa shape index (κ2) is 5.14. The molecule has 0 radical (unpaired) electrons. The highest BCUT2D eigenvalue weighted by Gasteiger charge is 2.29. The first kappa shape index (κ1) is 13.9. The molecule has 0 saturated carbocycles. The molecule has 84 valence electrons. The minimum atomic E-state index is -1.30. The van der Waals surface area contributed by atoms with Crippen LogP contribution in [0.4, 0.5) is 0 Å². The molecule has 0 aromatic heterocycles. The van der Waals surface area contributed by atoms with E-state index in [1.54, 1.807) is 12.1 Å². The summed E-state index contributed by atoms with van der Waals surface area (Å²) in [6.45, 7) is 3.55. The fraction of sp³-hybridized carbons (Fsp3) is 0.364. The second-order valence-corrected chi connectivity index (χ2v) is 3.56. The van der Waals surface area contributed by atoms with E-state index in [2.05, 4.69) is 0 Å². The molecular weight excluding hydrogens is 214 g/mol. The molecule has 3 nitrogen and oxygen atoms in total. The number of nitrogens with two attached hydrogens (primary N) is 1. The molecule has 1 rings (SSSR count). The highest BCUT2D eigenvalue weighted by molar-refractivity contribution is 5.85. The minimum absolute atomic E-state index is 0. The zero-order chi connectivity index (χ0) is 10.8. The van der Waals surface area contributed by atoms with Crippen LogP contribution in [0.5, 0.6) is 0 Å². The van der Waals surface area contributed by atoms with Crippen molar-refractivity contribution in [1.82, 2.24) is 0 Å². The molecule has 0 aliphatic carbocycles. The highest BCUT2D eigenvalue weighted by Crippen LogP contribution is 2.18. The van der Waals surface area contributed by atoms with Crippen LogP contribution in [-0.4, -0.2) is 11.1 Å². The van der Waals surface area contributed by atoms with Crippen molar-refractivity contribution in [3.05, 3.63) is 35.4 Å². The lowest BCUT2D eigenvalue weighted by Crippen LogP contribution is -2.41. The number of hydrogen-bond donors (Lipinski definition) is 2. The number of halogens is 1. The topological polar surface area (TPSA) is 63.3 Å². The van der Waals surface area contributed by atoms with Crippen LogP contribution in [0, 0.1) is 0 Å². The number of carbonyl (C=O) groups is 1. The summed E-state index contributed by atoms with van der Waals surface area (Å²) >= 11 is 0. The van der Waals surface area contributed by atoms with Crippen LogP contribution in [0.1, 0.15) is 25.0 Å². The molecule has 1 atom stereocenters. The Kier molecular flexibility index (Phi) is 4.78. The molecule has 0 fully saturated rings. The van der Waals surface area contributed by atoms with Crippen molar-refractivity contribution in [2.45, 2.75) is 25.8 Å². The van der Waals surface area contributed by atoms with Gasteiger partial charge in [-0.25, -0.2) is 4.79 Å². The number of hydrogen-bond acceptors (Lipinski definition) is 2. The van der Waals surface area contributed by atoms with Crippen molar-refractivity contribution < 1.29 is 9.90 Å². The summed E-state index contributed by atoms with van der Waals surface area (Å²) in [6.07, 6.45) is 0.939. The number of aliphatic carboxylic acids is 1. The molecule has 1 aromatic carbocycles. The molecule has 0 bridgehead atoms. The standard InChI is InChI=1S/C11H15NO2.ClH/c1-3-8-4-6-9(7-5-8)11(2,12)10(13)14;/h4-7H,3,12H2,1-2H3,(H,13,14);1H. The number of benzene rings is 1. The Bertz CT molecular complexity index is 333. The summed E-state index contributed by atoms with van der Waals surface area (Å²) in [5, 5.41) is 8.90. The van der Waals surface area contributed by atoms with Gasteiger partial charge in [0.1, 0.15) is 5.54 Å². The van der Waals surface area contributed by atoms with Crippen molar-refractivity contribution in [2.75, 3.05) is 0 Å². The monoisotopic (exact) mass is 229 g/mol. The SMILES string of the molecule is CCc1ccc(C(C)(N)C(=O)O)cc1.Cl. The maximum Gasteiger partial charge on any atom is 0.328 e. The van der Waals surface area contributed by atoms with E-state index in [-0.39, 0.29) is 12.4 Å². The predicted molar refractivity (Wildman–Crippen MR) is 62.2 cm³/mol. The average molecular weight is 230 g/mol. The van der Waals surface area contributed by atoms with Gasteiger partial charge >= 0.3 is 5.97 Å². The van der Waals surface area contributed by atoms with Crippen LogP contribution in [0.15, 0.2) is 24.3 Å². The molecule has 0 heterocycles. The lowest BCUT2D eigenvalue weighted by molar-refractivity contribution is -0.143. The Hall–Kier alpha value is -1.06. The van der Waals surface area contributed by atoms with Gasteiger partial charge in [-0.15, -0.1) is 12.4 Å². The lowest BCUT2D eigenvalue weighted by atomic mass is 9.92. The van der Waals surface area contributed by atoms with Crippen LogP contribution in [0.3, 0.4) is 0 Å². The maximum absolute atomic E-state index is 10.9.